The average Bonchev–Trinajstić information content (AvgIpc) is 2.67. The van der Waals surface area contributed by atoms with Gasteiger partial charge in [0.15, 0.2) is 5.96 Å². The van der Waals surface area contributed by atoms with Crippen LogP contribution >= 0.6 is 24.0 Å². The van der Waals surface area contributed by atoms with Gasteiger partial charge in [-0.15, -0.1) is 24.0 Å². The molecule has 1 aliphatic rings. The van der Waals surface area contributed by atoms with Crippen molar-refractivity contribution in [1.82, 2.24) is 15.5 Å². The summed E-state index contributed by atoms with van der Waals surface area (Å²) in [6.07, 6.45) is 1.14. The smallest absolute Gasteiger partial charge is 0.191 e. The van der Waals surface area contributed by atoms with E-state index in [-0.39, 0.29) is 24.0 Å². The first-order valence-electron chi connectivity index (χ1n) is 10.2. The number of guanidine groups is 1. The molecule has 2 rings (SSSR count). The van der Waals surface area contributed by atoms with Crippen LogP contribution in [-0.2, 0) is 11.3 Å². The van der Waals surface area contributed by atoms with E-state index in [9.17, 15) is 0 Å². The zero-order chi connectivity index (χ0) is 19.3. The van der Waals surface area contributed by atoms with Crippen LogP contribution in [0.25, 0.3) is 0 Å². The van der Waals surface area contributed by atoms with E-state index in [0.717, 1.165) is 69.6 Å². The second kappa shape index (κ2) is 14.9. The van der Waals surface area contributed by atoms with E-state index in [4.69, 9.17) is 14.5 Å². The molecule has 0 spiro atoms. The van der Waals surface area contributed by atoms with Gasteiger partial charge in [-0.1, -0.05) is 26.0 Å². The maximum atomic E-state index is 5.93. The summed E-state index contributed by atoms with van der Waals surface area (Å²) in [5.74, 6) is 2.47. The number of halogens is 1. The minimum absolute atomic E-state index is 0. The molecule has 1 aliphatic heterocycles. The molecule has 1 saturated heterocycles. The van der Waals surface area contributed by atoms with Crippen molar-refractivity contribution in [3.63, 3.8) is 0 Å². The van der Waals surface area contributed by atoms with E-state index in [1.165, 1.54) is 0 Å². The zero-order valence-electron chi connectivity index (χ0n) is 17.6. The van der Waals surface area contributed by atoms with Crippen molar-refractivity contribution in [1.29, 1.82) is 0 Å². The van der Waals surface area contributed by atoms with Crippen LogP contribution in [0.15, 0.2) is 29.3 Å². The monoisotopic (exact) mass is 504 g/mol. The maximum Gasteiger partial charge on any atom is 0.191 e. The molecule has 1 heterocycles. The van der Waals surface area contributed by atoms with Gasteiger partial charge >= 0.3 is 0 Å². The molecule has 2 N–H and O–H groups in total. The van der Waals surface area contributed by atoms with Gasteiger partial charge in [-0.25, -0.2) is 4.99 Å². The molecule has 0 radical (unpaired) electrons. The molecule has 0 amide bonds. The summed E-state index contributed by atoms with van der Waals surface area (Å²) in [5, 5.41) is 6.70. The molecule has 0 aromatic heterocycles. The van der Waals surface area contributed by atoms with Crippen molar-refractivity contribution in [3.8, 4) is 5.75 Å². The van der Waals surface area contributed by atoms with Crippen LogP contribution in [0.3, 0.4) is 0 Å². The number of nitrogens with zero attached hydrogens (tertiary/aromatic N) is 2. The molecule has 0 unspecified atom stereocenters. The fourth-order valence-corrected chi connectivity index (χ4v) is 2.84. The third-order valence-corrected chi connectivity index (χ3v) is 4.46. The third kappa shape index (κ3) is 10.5. The minimum atomic E-state index is 0. The molecular weight excluding hydrogens is 467 g/mol. The first-order valence-corrected chi connectivity index (χ1v) is 10.2. The van der Waals surface area contributed by atoms with Gasteiger partial charge in [0, 0.05) is 32.7 Å². The molecule has 1 aromatic rings. The molecule has 1 fully saturated rings. The molecule has 0 bridgehead atoms. The Hall–Kier alpha value is -1.06. The van der Waals surface area contributed by atoms with Gasteiger partial charge in [-0.3, -0.25) is 4.90 Å². The number of nitrogens with one attached hydrogen (secondary N) is 2. The Balaban J connectivity index is 0.00000392. The molecule has 160 valence electrons. The summed E-state index contributed by atoms with van der Waals surface area (Å²) in [6, 6.07) is 8.23. The van der Waals surface area contributed by atoms with Crippen molar-refractivity contribution in [3.05, 3.63) is 29.8 Å². The van der Waals surface area contributed by atoms with Crippen molar-refractivity contribution in [2.75, 3.05) is 52.5 Å². The second-order valence-corrected chi connectivity index (χ2v) is 7.25. The zero-order valence-corrected chi connectivity index (χ0v) is 19.9. The number of hydrogen-bond acceptors (Lipinski definition) is 4. The van der Waals surface area contributed by atoms with E-state index in [1.54, 1.807) is 0 Å². The van der Waals surface area contributed by atoms with Gasteiger partial charge in [0.2, 0.25) is 0 Å². The number of aliphatic imine (C=N–C) groups is 1. The first-order chi connectivity index (χ1) is 13.2. The molecule has 0 atom stereocenters. The van der Waals surface area contributed by atoms with Crippen LogP contribution in [0.5, 0.6) is 5.75 Å². The molecule has 0 saturated carbocycles. The SMILES string of the molecule is CCNC(=NCc1cccc(OCCN2CCOCC2)c1)NCCC(C)C.I. The highest BCUT2D eigenvalue weighted by molar-refractivity contribution is 14.0. The molecule has 0 aliphatic carbocycles. The highest BCUT2D eigenvalue weighted by atomic mass is 127. The van der Waals surface area contributed by atoms with Crippen LogP contribution in [0, 0.1) is 5.92 Å². The van der Waals surface area contributed by atoms with E-state index in [1.807, 2.05) is 12.1 Å². The van der Waals surface area contributed by atoms with Crippen molar-refractivity contribution < 1.29 is 9.47 Å². The molecule has 7 heteroatoms. The number of hydrogen-bond donors (Lipinski definition) is 2. The second-order valence-electron chi connectivity index (χ2n) is 7.25. The van der Waals surface area contributed by atoms with E-state index >= 15 is 0 Å². The number of morpholine rings is 1. The topological polar surface area (TPSA) is 58.1 Å². The van der Waals surface area contributed by atoms with Crippen LogP contribution in [0.2, 0.25) is 0 Å². The first kappa shape index (κ1) is 25.0. The highest BCUT2D eigenvalue weighted by Gasteiger charge is 2.09. The summed E-state index contributed by atoms with van der Waals surface area (Å²) >= 11 is 0. The minimum Gasteiger partial charge on any atom is -0.492 e. The Morgan fingerprint density at radius 2 is 2.04 bits per heavy atom. The Kier molecular flexibility index (Phi) is 13.3. The largest absolute Gasteiger partial charge is 0.492 e. The van der Waals surface area contributed by atoms with E-state index in [2.05, 4.69) is 48.4 Å². The maximum absolute atomic E-state index is 5.93. The fraction of sp³-hybridized carbons (Fsp3) is 0.667. The van der Waals surface area contributed by atoms with Crippen LogP contribution in [-0.4, -0.2) is 63.4 Å². The molecule has 28 heavy (non-hydrogen) atoms. The van der Waals surface area contributed by atoms with Crippen molar-refractivity contribution >= 4 is 29.9 Å². The fourth-order valence-electron chi connectivity index (χ4n) is 2.84. The quantitative estimate of drug-likeness (QED) is 0.292. The third-order valence-electron chi connectivity index (χ3n) is 4.46. The summed E-state index contributed by atoms with van der Waals surface area (Å²) in [7, 11) is 0. The number of ether oxygens (including phenoxy) is 2. The summed E-state index contributed by atoms with van der Waals surface area (Å²) in [4.78, 5) is 7.07. The van der Waals surface area contributed by atoms with Crippen LogP contribution in [0.1, 0.15) is 32.8 Å². The molecule has 1 aromatic carbocycles. The van der Waals surface area contributed by atoms with Crippen LogP contribution in [0.4, 0.5) is 0 Å². The Morgan fingerprint density at radius 1 is 1.25 bits per heavy atom. The van der Waals surface area contributed by atoms with Crippen molar-refractivity contribution in [2.24, 2.45) is 10.9 Å². The number of benzene rings is 1. The lowest BCUT2D eigenvalue weighted by molar-refractivity contribution is 0.0322. The lowest BCUT2D eigenvalue weighted by Gasteiger charge is -2.26. The van der Waals surface area contributed by atoms with Crippen molar-refractivity contribution in [2.45, 2.75) is 33.7 Å². The Bertz CT molecular complexity index is 563. The van der Waals surface area contributed by atoms with Gasteiger partial charge in [-0.2, -0.15) is 0 Å². The predicted octanol–water partition coefficient (Wildman–Crippen LogP) is 3.12. The molecule has 6 nitrogen and oxygen atoms in total. The summed E-state index contributed by atoms with van der Waals surface area (Å²) in [5.41, 5.74) is 1.15. The van der Waals surface area contributed by atoms with Gasteiger partial charge in [0.1, 0.15) is 12.4 Å². The van der Waals surface area contributed by atoms with Gasteiger partial charge in [0.25, 0.3) is 0 Å². The van der Waals surface area contributed by atoms with Gasteiger partial charge in [0.05, 0.1) is 19.8 Å². The summed E-state index contributed by atoms with van der Waals surface area (Å²) in [6.45, 7) is 14.3. The Morgan fingerprint density at radius 3 is 2.75 bits per heavy atom. The van der Waals surface area contributed by atoms with E-state index < -0.39 is 0 Å². The normalized spacial score (nSPS) is 15.2. The standard InChI is InChI=1S/C21H36N4O2.HI/c1-4-22-21(23-9-8-18(2)3)24-17-19-6-5-7-20(16-19)27-15-12-25-10-13-26-14-11-25;/h5-7,16,18H,4,8-15,17H2,1-3H3,(H2,22,23,24);1H. The lowest BCUT2D eigenvalue weighted by atomic mass is 10.1. The number of rotatable bonds is 10. The average molecular weight is 504 g/mol. The van der Waals surface area contributed by atoms with Gasteiger partial charge in [-0.05, 0) is 37.0 Å². The Labute approximate surface area is 187 Å². The van der Waals surface area contributed by atoms with E-state index in [0.29, 0.717) is 19.1 Å². The van der Waals surface area contributed by atoms with Gasteiger partial charge < -0.3 is 20.1 Å². The van der Waals surface area contributed by atoms with Crippen LogP contribution < -0.4 is 15.4 Å². The molecular formula is C21H37IN4O2. The predicted molar refractivity (Wildman–Crippen MR) is 127 cm³/mol. The lowest BCUT2D eigenvalue weighted by Crippen LogP contribution is -2.38. The summed E-state index contributed by atoms with van der Waals surface area (Å²) < 4.78 is 11.3. The highest BCUT2D eigenvalue weighted by Crippen LogP contribution is 2.14.